The zero-order valence-corrected chi connectivity index (χ0v) is 11.8. The van der Waals surface area contributed by atoms with Crippen LogP contribution in [0.5, 0.6) is 5.75 Å². The molecule has 0 fully saturated rings. The van der Waals surface area contributed by atoms with Crippen molar-refractivity contribution in [2.24, 2.45) is 0 Å². The van der Waals surface area contributed by atoms with Crippen molar-refractivity contribution >= 4 is 11.8 Å². The summed E-state index contributed by atoms with van der Waals surface area (Å²) in [6.45, 7) is 0.643. The van der Waals surface area contributed by atoms with E-state index in [9.17, 15) is 4.39 Å². The van der Waals surface area contributed by atoms with Gasteiger partial charge in [0.15, 0.2) is 0 Å². The molecule has 0 amide bonds. The van der Waals surface area contributed by atoms with Crippen LogP contribution in [0.4, 0.5) is 4.39 Å². The highest BCUT2D eigenvalue weighted by atomic mass is 32.2. The Hall–Kier alpha value is -1.52. The van der Waals surface area contributed by atoms with E-state index in [1.807, 2.05) is 37.4 Å². The number of ether oxygens (including phenoxy) is 1. The van der Waals surface area contributed by atoms with Crippen LogP contribution in [0.3, 0.4) is 0 Å². The quantitative estimate of drug-likeness (QED) is 0.900. The van der Waals surface area contributed by atoms with Crippen LogP contribution in [0.15, 0.2) is 52.3 Å². The lowest BCUT2D eigenvalue weighted by Crippen LogP contribution is -2.06. The molecule has 4 heteroatoms. The molecule has 2 rings (SSSR count). The summed E-state index contributed by atoms with van der Waals surface area (Å²) >= 11 is 1.61. The topological polar surface area (TPSA) is 21.3 Å². The average Bonchev–Trinajstić information content (AvgIpc) is 2.42. The van der Waals surface area contributed by atoms with E-state index < -0.39 is 0 Å². The minimum absolute atomic E-state index is 0.208. The van der Waals surface area contributed by atoms with E-state index >= 15 is 0 Å². The van der Waals surface area contributed by atoms with Gasteiger partial charge in [0, 0.05) is 16.3 Å². The summed E-state index contributed by atoms with van der Waals surface area (Å²) in [5, 5.41) is 3.06. The van der Waals surface area contributed by atoms with Crippen LogP contribution in [0, 0.1) is 5.82 Å². The number of benzene rings is 2. The van der Waals surface area contributed by atoms with Crippen LogP contribution < -0.4 is 10.1 Å². The molecule has 0 aromatic heterocycles. The molecule has 0 saturated carbocycles. The third-order valence-electron chi connectivity index (χ3n) is 2.66. The molecule has 0 bridgehead atoms. The Morgan fingerprint density at radius 2 is 2.05 bits per heavy atom. The molecule has 2 aromatic rings. The lowest BCUT2D eigenvalue weighted by molar-refractivity contribution is 0.413. The molecular formula is C15H16FNOS. The van der Waals surface area contributed by atoms with Crippen LogP contribution >= 0.6 is 11.8 Å². The van der Waals surface area contributed by atoms with Gasteiger partial charge in [-0.05, 0) is 49.0 Å². The number of rotatable bonds is 5. The first kappa shape index (κ1) is 13.9. The van der Waals surface area contributed by atoms with Gasteiger partial charge in [0.2, 0.25) is 0 Å². The highest BCUT2D eigenvalue weighted by Gasteiger charge is 2.06. The van der Waals surface area contributed by atoms with Crippen molar-refractivity contribution in [1.29, 1.82) is 0 Å². The van der Waals surface area contributed by atoms with Crippen LogP contribution in [0.1, 0.15) is 5.56 Å². The molecule has 0 unspecified atom stereocenters. The number of hydrogen-bond acceptors (Lipinski definition) is 3. The van der Waals surface area contributed by atoms with Gasteiger partial charge in [-0.2, -0.15) is 0 Å². The third-order valence-corrected chi connectivity index (χ3v) is 3.77. The highest BCUT2D eigenvalue weighted by molar-refractivity contribution is 7.99. The number of methoxy groups -OCH3 is 1. The molecule has 0 atom stereocenters. The second-order valence-corrected chi connectivity index (χ2v) is 5.18. The first-order valence-electron chi connectivity index (χ1n) is 5.98. The van der Waals surface area contributed by atoms with Gasteiger partial charge in [-0.25, -0.2) is 4.39 Å². The predicted molar refractivity (Wildman–Crippen MR) is 76.3 cm³/mol. The Kier molecular flexibility index (Phi) is 4.82. The van der Waals surface area contributed by atoms with E-state index in [-0.39, 0.29) is 5.82 Å². The van der Waals surface area contributed by atoms with E-state index in [0.717, 1.165) is 21.1 Å². The van der Waals surface area contributed by atoms with Gasteiger partial charge in [-0.3, -0.25) is 0 Å². The van der Waals surface area contributed by atoms with Gasteiger partial charge in [-0.1, -0.05) is 17.8 Å². The van der Waals surface area contributed by atoms with E-state index in [0.29, 0.717) is 6.54 Å². The minimum atomic E-state index is -0.208. The Labute approximate surface area is 117 Å². The first-order valence-corrected chi connectivity index (χ1v) is 6.79. The van der Waals surface area contributed by atoms with E-state index in [2.05, 4.69) is 5.32 Å². The minimum Gasteiger partial charge on any atom is -0.497 e. The van der Waals surface area contributed by atoms with Crippen LogP contribution in [0.25, 0.3) is 0 Å². The summed E-state index contributed by atoms with van der Waals surface area (Å²) in [4.78, 5) is 2.12. The van der Waals surface area contributed by atoms with Gasteiger partial charge in [-0.15, -0.1) is 0 Å². The molecule has 0 aliphatic carbocycles. The van der Waals surface area contributed by atoms with Crippen molar-refractivity contribution < 1.29 is 9.13 Å². The van der Waals surface area contributed by atoms with Crippen molar-refractivity contribution in [3.8, 4) is 5.75 Å². The molecule has 2 aromatic carbocycles. The van der Waals surface area contributed by atoms with E-state index in [1.165, 1.54) is 6.07 Å². The second kappa shape index (κ2) is 6.59. The predicted octanol–water partition coefficient (Wildman–Crippen LogP) is 3.70. The van der Waals surface area contributed by atoms with E-state index in [4.69, 9.17) is 4.74 Å². The summed E-state index contributed by atoms with van der Waals surface area (Å²) in [6.07, 6.45) is 0. The lowest BCUT2D eigenvalue weighted by atomic mass is 10.2. The van der Waals surface area contributed by atoms with Crippen LogP contribution in [0.2, 0.25) is 0 Å². The Morgan fingerprint density at radius 3 is 2.79 bits per heavy atom. The Bertz CT molecular complexity index is 560. The largest absolute Gasteiger partial charge is 0.497 e. The number of hydrogen-bond donors (Lipinski definition) is 1. The maximum atomic E-state index is 13.3. The maximum Gasteiger partial charge on any atom is 0.123 e. The lowest BCUT2D eigenvalue weighted by Gasteiger charge is -2.10. The molecular weight excluding hydrogens is 261 g/mol. The van der Waals surface area contributed by atoms with Crippen molar-refractivity contribution in [1.82, 2.24) is 5.32 Å². The van der Waals surface area contributed by atoms with Gasteiger partial charge in [0.05, 0.1) is 7.11 Å². The molecule has 1 N–H and O–H groups in total. The Balaban J connectivity index is 2.26. The maximum absolute atomic E-state index is 13.3. The van der Waals surface area contributed by atoms with Crippen molar-refractivity contribution in [2.75, 3.05) is 14.2 Å². The Morgan fingerprint density at radius 1 is 1.21 bits per heavy atom. The van der Waals surface area contributed by atoms with Crippen LogP contribution in [-0.2, 0) is 6.54 Å². The van der Waals surface area contributed by atoms with E-state index in [1.54, 1.807) is 24.9 Å². The van der Waals surface area contributed by atoms with Crippen molar-refractivity contribution in [3.05, 3.63) is 53.8 Å². The standard InChI is InChI=1S/C15H16FNOS/c1-17-10-11-8-12(16)6-7-15(11)19-14-5-3-4-13(9-14)18-2/h3-9,17H,10H2,1-2H3. The number of nitrogens with one attached hydrogen (secondary N) is 1. The first-order chi connectivity index (χ1) is 9.22. The van der Waals surface area contributed by atoms with Crippen molar-refractivity contribution in [2.45, 2.75) is 16.3 Å². The molecule has 19 heavy (non-hydrogen) atoms. The smallest absolute Gasteiger partial charge is 0.123 e. The molecule has 0 aliphatic rings. The number of halogens is 1. The molecule has 0 aliphatic heterocycles. The van der Waals surface area contributed by atoms with Gasteiger partial charge >= 0.3 is 0 Å². The van der Waals surface area contributed by atoms with Gasteiger partial charge in [0.1, 0.15) is 11.6 Å². The van der Waals surface area contributed by atoms with Crippen molar-refractivity contribution in [3.63, 3.8) is 0 Å². The zero-order chi connectivity index (χ0) is 13.7. The molecule has 0 heterocycles. The van der Waals surface area contributed by atoms with Gasteiger partial charge in [0.25, 0.3) is 0 Å². The average molecular weight is 277 g/mol. The SMILES string of the molecule is CNCc1cc(F)ccc1Sc1cccc(OC)c1. The summed E-state index contributed by atoms with van der Waals surface area (Å²) in [5.41, 5.74) is 0.954. The zero-order valence-electron chi connectivity index (χ0n) is 10.9. The molecule has 2 nitrogen and oxygen atoms in total. The summed E-state index contributed by atoms with van der Waals surface area (Å²) < 4.78 is 18.5. The summed E-state index contributed by atoms with van der Waals surface area (Å²) in [7, 11) is 3.50. The normalized spacial score (nSPS) is 10.5. The molecule has 0 spiro atoms. The molecule has 0 radical (unpaired) electrons. The van der Waals surface area contributed by atoms with Gasteiger partial charge < -0.3 is 10.1 Å². The fourth-order valence-electron chi connectivity index (χ4n) is 1.77. The second-order valence-electron chi connectivity index (χ2n) is 4.06. The highest BCUT2D eigenvalue weighted by Crippen LogP contribution is 2.32. The molecule has 0 saturated heterocycles. The monoisotopic (exact) mass is 277 g/mol. The summed E-state index contributed by atoms with van der Waals surface area (Å²) in [6, 6.07) is 12.7. The third kappa shape index (κ3) is 3.72. The molecule has 100 valence electrons. The summed E-state index contributed by atoms with van der Waals surface area (Å²) in [5.74, 6) is 0.613. The fourth-order valence-corrected chi connectivity index (χ4v) is 2.74. The fraction of sp³-hybridized carbons (Fsp3) is 0.200. The van der Waals surface area contributed by atoms with Crippen LogP contribution in [-0.4, -0.2) is 14.2 Å².